The Hall–Kier alpha value is -12.1. The van der Waals surface area contributed by atoms with Crippen LogP contribution in [0.5, 0.6) is 46.0 Å². The molecule has 24 nitrogen and oxygen atoms in total. The van der Waals surface area contributed by atoms with Crippen molar-refractivity contribution in [3.8, 4) is 91.5 Å². The van der Waals surface area contributed by atoms with Crippen LogP contribution in [0, 0.1) is 0 Å². The Morgan fingerprint density at radius 2 is 0.460 bits per heavy atom. The Labute approximate surface area is 564 Å². The molecule has 0 saturated carbocycles. The zero-order valence-corrected chi connectivity index (χ0v) is 54.1. The molecular formula is C72H42N8O16S4. The number of aromatic nitrogens is 8. The molecule has 3 aromatic heterocycles. The van der Waals surface area contributed by atoms with Gasteiger partial charge in [0.1, 0.15) is 68.6 Å². The number of nitrogens with one attached hydrogen (secondary N) is 2. The highest BCUT2D eigenvalue weighted by Gasteiger charge is 2.26. The van der Waals surface area contributed by atoms with Gasteiger partial charge in [0.2, 0.25) is 0 Å². The second-order valence-corrected chi connectivity index (χ2v) is 29.1. The van der Waals surface area contributed by atoms with Crippen LogP contribution in [0.25, 0.3) is 133 Å². The number of nitrogens with zero attached hydrogens (tertiary/aromatic N) is 6. The number of ether oxygens (including phenoxy) is 4. The van der Waals surface area contributed by atoms with Crippen LogP contribution in [0.4, 0.5) is 0 Å². The second-order valence-electron chi connectivity index (χ2n) is 23.4. The smallest absolute Gasteiger partial charge is 0.294 e. The normalized spacial score (nSPS) is 12.5. The largest absolute Gasteiger partial charge is 0.457 e. The maximum atomic E-state index is 12.0. The molecule has 28 heteroatoms. The predicted octanol–water partition coefficient (Wildman–Crippen LogP) is 15.6. The first-order valence-electron chi connectivity index (χ1n) is 30.1. The van der Waals surface area contributed by atoms with Gasteiger partial charge in [-0.2, -0.15) is 33.7 Å². The van der Waals surface area contributed by atoms with Gasteiger partial charge in [0, 0.05) is 43.8 Å². The van der Waals surface area contributed by atoms with Crippen molar-refractivity contribution in [2.24, 2.45) is 0 Å². The maximum absolute atomic E-state index is 12.0. The molecule has 2 aliphatic heterocycles. The van der Waals surface area contributed by atoms with Crippen molar-refractivity contribution in [1.82, 2.24) is 39.9 Å². The van der Waals surface area contributed by atoms with Crippen molar-refractivity contribution in [2.45, 2.75) is 19.6 Å². The molecule has 0 radical (unpaired) electrons. The molecule has 5 heterocycles. The molecule has 15 aromatic rings. The summed E-state index contributed by atoms with van der Waals surface area (Å²) in [6.45, 7) is 0. The minimum Gasteiger partial charge on any atom is -0.457 e. The zero-order chi connectivity index (χ0) is 68.7. The van der Waals surface area contributed by atoms with E-state index in [1.807, 2.05) is 0 Å². The monoisotopic (exact) mass is 1400 g/mol. The molecule has 8 bridgehead atoms. The summed E-state index contributed by atoms with van der Waals surface area (Å²) >= 11 is 0. The van der Waals surface area contributed by atoms with Crippen molar-refractivity contribution in [3.05, 3.63) is 218 Å². The van der Waals surface area contributed by atoms with Gasteiger partial charge in [0.25, 0.3) is 40.5 Å². The van der Waals surface area contributed by atoms with Crippen LogP contribution in [0.15, 0.2) is 238 Å². The average molecular weight is 1400 g/mol. The maximum Gasteiger partial charge on any atom is 0.294 e. The fourth-order valence-electron chi connectivity index (χ4n) is 12.2. The fourth-order valence-corrected chi connectivity index (χ4v) is 14.3. The van der Waals surface area contributed by atoms with Crippen molar-refractivity contribution in [2.75, 3.05) is 0 Å². The Morgan fingerprint density at radius 1 is 0.230 bits per heavy atom. The number of fused-ring (bicyclic) bond motifs is 24. The zero-order valence-electron chi connectivity index (χ0n) is 50.8. The number of hydrogen-bond donors (Lipinski definition) is 6. The lowest BCUT2D eigenvalue weighted by Gasteiger charge is -2.09. The van der Waals surface area contributed by atoms with Gasteiger partial charge in [-0.25, -0.2) is 29.9 Å². The molecule has 2 aliphatic rings. The standard InChI is InChI=1S/C72H42N8O16S4/c81-97(82,83)53-17-5-37-25-45(9-1-41(37)29-53)93-49-13-21-57-61(33-49)69-73-65(57)78-70-63-35-51(95-47-11-3-43-31-55(99(87,88)89)19-7-39(43)27-47)15-23-59(63)67(75-70)80-72-64-36-52(96-48-12-4-44-32-56(100(90,91)92)20-8-40(44)28-48)16-24-60(64)68(76-72)79-71-62-34-50(14-22-58(62)66(74-71)77-69)94-46-10-2-42-30-54(98(84,85)86)18-6-38(42)26-46/h1-36H,(H,81,82,83)(H,84,85,86)(H,87,88,89)(H,90,91,92)(H2,73,74,75,76,77,78,79,80). The third-order valence-corrected chi connectivity index (χ3v) is 20.4. The number of rotatable bonds is 12. The van der Waals surface area contributed by atoms with Crippen molar-refractivity contribution < 1.29 is 70.8 Å². The third kappa shape index (κ3) is 11.5. The summed E-state index contributed by atoms with van der Waals surface area (Å²) in [4.78, 5) is 37.1. The van der Waals surface area contributed by atoms with Gasteiger partial charge in [-0.15, -0.1) is 0 Å². The lowest BCUT2D eigenvalue weighted by Crippen LogP contribution is -1.97. The van der Waals surface area contributed by atoms with Gasteiger partial charge in [-0.05, 0) is 213 Å². The Morgan fingerprint density at radius 3 is 0.760 bits per heavy atom. The van der Waals surface area contributed by atoms with Crippen molar-refractivity contribution in [3.63, 3.8) is 0 Å². The summed E-state index contributed by atoms with van der Waals surface area (Å²) in [7, 11) is -17.8. The topological polar surface area (TPSA) is 363 Å². The minimum atomic E-state index is -4.46. The first-order chi connectivity index (χ1) is 47.9. The minimum absolute atomic E-state index is 0.205. The molecule has 0 amide bonds. The molecule has 0 saturated heterocycles. The average Bonchev–Trinajstić information content (AvgIpc) is 1.62. The number of benzene rings is 12. The molecule has 0 unspecified atom stereocenters. The number of H-pyrrole nitrogens is 2. The van der Waals surface area contributed by atoms with Crippen LogP contribution in [-0.2, 0) is 40.5 Å². The highest BCUT2D eigenvalue weighted by Crippen LogP contribution is 2.43. The van der Waals surface area contributed by atoms with Crippen molar-refractivity contribution in [1.29, 1.82) is 0 Å². The van der Waals surface area contributed by atoms with Crippen LogP contribution in [0.2, 0.25) is 0 Å². The summed E-state index contributed by atoms with van der Waals surface area (Å²) < 4.78 is 161. The summed E-state index contributed by atoms with van der Waals surface area (Å²) in [5, 5.41) is 6.93. The van der Waals surface area contributed by atoms with Crippen LogP contribution in [-0.4, -0.2) is 91.8 Å². The number of hydrogen-bond acceptors (Lipinski definition) is 18. The van der Waals surface area contributed by atoms with E-state index in [4.69, 9.17) is 48.9 Å². The van der Waals surface area contributed by atoms with Crippen molar-refractivity contribution >= 4 is 128 Å². The molecule has 490 valence electrons. The van der Waals surface area contributed by atoms with E-state index in [0.29, 0.717) is 155 Å². The van der Waals surface area contributed by atoms with Crippen LogP contribution >= 0.6 is 0 Å². The van der Waals surface area contributed by atoms with Gasteiger partial charge in [-0.1, -0.05) is 48.5 Å². The summed E-state index contributed by atoms with van der Waals surface area (Å²) in [6, 6.07) is 58.4. The molecule has 17 rings (SSSR count). The van der Waals surface area contributed by atoms with Gasteiger partial charge >= 0.3 is 0 Å². The second kappa shape index (κ2) is 22.7. The quantitative estimate of drug-likeness (QED) is 0.0619. The van der Waals surface area contributed by atoms with E-state index < -0.39 is 40.5 Å². The van der Waals surface area contributed by atoms with Gasteiger partial charge in [0.05, 0.1) is 19.6 Å². The van der Waals surface area contributed by atoms with E-state index in [9.17, 15) is 51.9 Å². The molecule has 100 heavy (non-hydrogen) atoms. The van der Waals surface area contributed by atoms with E-state index in [2.05, 4.69) is 9.97 Å². The molecule has 12 aromatic carbocycles. The van der Waals surface area contributed by atoms with E-state index in [0.717, 1.165) is 0 Å². The van der Waals surface area contributed by atoms with Crippen LogP contribution in [0.1, 0.15) is 0 Å². The molecular weight excluding hydrogens is 1360 g/mol. The summed E-state index contributed by atoms with van der Waals surface area (Å²) in [5.41, 5.74) is 3.31. The molecule has 6 N–H and O–H groups in total. The fraction of sp³-hybridized carbons (Fsp3) is 0. The molecule has 0 atom stereocenters. The SMILES string of the molecule is O=S(=O)(O)c1ccc2cc(Oc3ccc4c(c3)-c3nc-4nc4[nH]c(nc5nc(nc6[nH]c(n3)c3ccc(Oc7ccc8cc(S(=O)(=O)O)ccc8c7)cc63)-c3ccc(Oc6ccc7cc(S(=O)(=O)O)ccc7c6)cc3-5)c3ccc(Oc5ccc6cc(S(=O)(=O)O)ccc6c5)cc43)ccc2c1. The number of aromatic amines is 2. The van der Waals surface area contributed by atoms with Gasteiger partial charge in [0.15, 0.2) is 23.3 Å². The lowest BCUT2D eigenvalue weighted by atomic mass is 10.1. The van der Waals surface area contributed by atoms with Gasteiger partial charge < -0.3 is 28.9 Å². The summed E-state index contributed by atoms with van der Waals surface area (Å²) in [6.07, 6.45) is 0. The summed E-state index contributed by atoms with van der Waals surface area (Å²) in [5.74, 6) is 3.99. The Bertz CT molecular complexity index is 6420. The van der Waals surface area contributed by atoms with Crippen LogP contribution in [0.3, 0.4) is 0 Å². The van der Waals surface area contributed by atoms with E-state index in [1.54, 1.807) is 170 Å². The predicted molar refractivity (Wildman–Crippen MR) is 371 cm³/mol. The Kier molecular flexibility index (Phi) is 14.0. The first kappa shape index (κ1) is 61.5. The molecule has 0 aliphatic carbocycles. The first-order valence-corrected chi connectivity index (χ1v) is 35.8. The molecule has 0 fully saturated rings. The van der Waals surface area contributed by atoms with Gasteiger partial charge in [-0.3, -0.25) is 18.2 Å². The highest BCUT2D eigenvalue weighted by atomic mass is 32.2. The third-order valence-electron chi connectivity index (χ3n) is 17.0. The van der Waals surface area contributed by atoms with E-state index >= 15 is 0 Å². The molecule has 0 spiro atoms. The van der Waals surface area contributed by atoms with E-state index in [-0.39, 0.29) is 42.9 Å². The highest BCUT2D eigenvalue weighted by molar-refractivity contribution is 7.86. The Balaban J connectivity index is 0.851. The van der Waals surface area contributed by atoms with E-state index in [1.165, 1.54) is 48.5 Å². The van der Waals surface area contributed by atoms with Crippen LogP contribution < -0.4 is 18.9 Å². The lowest BCUT2D eigenvalue weighted by molar-refractivity contribution is 0.481.